The zero-order valence-electron chi connectivity index (χ0n) is 9.20. The van der Waals surface area contributed by atoms with Gasteiger partial charge in [-0.05, 0) is 12.1 Å². The van der Waals surface area contributed by atoms with Gasteiger partial charge in [0.2, 0.25) is 0 Å². The van der Waals surface area contributed by atoms with Gasteiger partial charge >= 0.3 is 5.97 Å². The Morgan fingerprint density at radius 3 is 3.24 bits per heavy atom. The van der Waals surface area contributed by atoms with Gasteiger partial charge < -0.3 is 13.9 Å². The number of esters is 1. The monoisotopic (exact) mass is 232 g/mol. The third-order valence-electron chi connectivity index (χ3n) is 2.20. The van der Waals surface area contributed by atoms with Crippen LogP contribution >= 0.6 is 0 Å². The van der Waals surface area contributed by atoms with Crippen molar-refractivity contribution >= 4 is 11.5 Å². The number of hydrogen-bond donors (Lipinski definition) is 0. The van der Waals surface area contributed by atoms with Crippen molar-refractivity contribution in [3.63, 3.8) is 0 Å². The van der Waals surface area contributed by atoms with Gasteiger partial charge in [0.25, 0.3) is 0 Å². The standard InChI is InChI=1S/C12H12N2O3/c1-2-16-5-6-17-12(15)10-3-4-14-9-13-8-11(14)7-10/h2-4,7-9H,1,5-6H2. The number of rotatable bonds is 5. The summed E-state index contributed by atoms with van der Waals surface area (Å²) >= 11 is 0. The Morgan fingerprint density at radius 2 is 2.41 bits per heavy atom. The molecule has 2 rings (SSSR count). The molecule has 0 atom stereocenters. The van der Waals surface area contributed by atoms with E-state index in [9.17, 15) is 4.79 Å². The smallest absolute Gasteiger partial charge is 0.338 e. The fraction of sp³-hybridized carbons (Fsp3) is 0.167. The first kappa shape index (κ1) is 11.2. The molecule has 2 aromatic rings. The maximum Gasteiger partial charge on any atom is 0.338 e. The lowest BCUT2D eigenvalue weighted by atomic mass is 10.2. The molecule has 0 fully saturated rings. The predicted octanol–water partition coefficient (Wildman–Crippen LogP) is 1.65. The molecule has 0 amide bonds. The second-order valence-electron chi connectivity index (χ2n) is 3.31. The van der Waals surface area contributed by atoms with Crippen LogP contribution in [0.1, 0.15) is 10.4 Å². The highest BCUT2D eigenvalue weighted by Gasteiger charge is 2.07. The SMILES string of the molecule is C=COCCOC(=O)c1ccn2cncc2c1. The van der Waals surface area contributed by atoms with Gasteiger partial charge in [-0.1, -0.05) is 6.58 Å². The van der Waals surface area contributed by atoms with Crippen LogP contribution in [0.25, 0.3) is 5.52 Å². The van der Waals surface area contributed by atoms with E-state index in [4.69, 9.17) is 9.47 Å². The fourth-order valence-electron chi connectivity index (χ4n) is 1.40. The Morgan fingerprint density at radius 1 is 1.53 bits per heavy atom. The van der Waals surface area contributed by atoms with Gasteiger partial charge in [-0.15, -0.1) is 0 Å². The van der Waals surface area contributed by atoms with Gasteiger partial charge in [0.15, 0.2) is 0 Å². The second kappa shape index (κ2) is 5.16. The van der Waals surface area contributed by atoms with Crippen LogP contribution in [0.5, 0.6) is 0 Å². The van der Waals surface area contributed by atoms with E-state index in [0.717, 1.165) is 5.52 Å². The number of carbonyl (C=O) groups is 1. The minimum Gasteiger partial charge on any atom is -0.498 e. The highest BCUT2D eigenvalue weighted by Crippen LogP contribution is 2.07. The molecule has 17 heavy (non-hydrogen) atoms. The summed E-state index contributed by atoms with van der Waals surface area (Å²) in [5.74, 6) is -0.374. The maximum atomic E-state index is 11.6. The van der Waals surface area contributed by atoms with Crippen LogP contribution in [0.4, 0.5) is 0 Å². The van der Waals surface area contributed by atoms with Gasteiger partial charge in [-0.2, -0.15) is 0 Å². The van der Waals surface area contributed by atoms with Crippen LogP contribution in [0.3, 0.4) is 0 Å². The number of pyridine rings is 1. The quantitative estimate of drug-likeness (QED) is 0.447. The van der Waals surface area contributed by atoms with E-state index in [1.165, 1.54) is 6.26 Å². The normalized spacial score (nSPS) is 10.1. The summed E-state index contributed by atoms with van der Waals surface area (Å²) in [6, 6.07) is 3.41. The van der Waals surface area contributed by atoms with Crippen LogP contribution in [-0.2, 0) is 9.47 Å². The number of fused-ring (bicyclic) bond motifs is 1. The summed E-state index contributed by atoms with van der Waals surface area (Å²) in [5, 5.41) is 0. The molecule has 0 radical (unpaired) electrons. The van der Waals surface area contributed by atoms with Crippen LogP contribution in [-0.4, -0.2) is 28.6 Å². The minimum atomic E-state index is -0.374. The van der Waals surface area contributed by atoms with Crippen molar-refractivity contribution in [2.45, 2.75) is 0 Å². The largest absolute Gasteiger partial charge is 0.498 e. The lowest BCUT2D eigenvalue weighted by Crippen LogP contribution is -2.09. The molecule has 2 aromatic heterocycles. The van der Waals surface area contributed by atoms with Crippen molar-refractivity contribution in [1.82, 2.24) is 9.38 Å². The third kappa shape index (κ3) is 2.63. The van der Waals surface area contributed by atoms with E-state index in [2.05, 4.69) is 11.6 Å². The molecule has 0 spiro atoms. The molecule has 5 heteroatoms. The Bertz CT molecular complexity index is 533. The molecule has 0 N–H and O–H groups in total. The first-order valence-electron chi connectivity index (χ1n) is 5.12. The zero-order chi connectivity index (χ0) is 12.1. The average molecular weight is 232 g/mol. The van der Waals surface area contributed by atoms with Crippen LogP contribution in [0.15, 0.2) is 43.7 Å². The molecule has 0 aliphatic rings. The number of hydrogen-bond acceptors (Lipinski definition) is 4. The van der Waals surface area contributed by atoms with Gasteiger partial charge in [0.05, 0.1) is 29.9 Å². The number of aromatic nitrogens is 2. The predicted molar refractivity (Wildman–Crippen MR) is 61.6 cm³/mol. The second-order valence-corrected chi connectivity index (χ2v) is 3.31. The molecule has 0 aliphatic carbocycles. The van der Waals surface area contributed by atoms with E-state index in [1.54, 1.807) is 30.9 Å². The molecule has 0 saturated carbocycles. The minimum absolute atomic E-state index is 0.204. The molecule has 0 saturated heterocycles. The third-order valence-corrected chi connectivity index (χ3v) is 2.20. The molecule has 0 unspecified atom stereocenters. The van der Waals surface area contributed by atoms with Crippen molar-refractivity contribution in [3.8, 4) is 0 Å². The van der Waals surface area contributed by atoms with Crippen LogP contribution in [0, 0.1) is 0 Å². The van der Waals surface area contributed by atoms with Gasteiger partial charge in [0, 0.05) is 6.20 Å². The zero-order valence-corrected chi connectivity index (χ0v) is 9.20. The molecule has 5 nitrogen and oxygen atoms in total. The van der Waals surface area contributed by atoms with Crippen LogP contribution < -0.4 is 0 Å². The number of imidazole rings is 1. The Kier molecular flexibility index (Phi) is 3.40. The molecule has 88 valence electrons. The molecular formula is C12H12N2O3. The summed E-state index contributed by atoms with van der Waals surface area (Å²) in [4.78, 5) is 15.6. The van der Waals surface area contributed by atoms with E-state index >= 15 is 0 Å². The van der Waals surface area contributed by atoms with E-state index in [0.29, 0.717) is 12.2 Å². The van der Waals surface area contributed by atoms with Gasteiger partial charge in [0.1, 0.15) is 13.2 Å². The lowest BCUT2D eigenvalue weighted by molar-refractivity contribution is 0.0421. The van der Waals surface area contributed by atoms with E-state index in [-0.39, 0.29) is 12.6 Å². The molecule has 0 bridgehead atoms. The van der Waals surface area contributed by atoms with Crippen molar-refractivity contribution < 1.29 is 14.3 Å². The van der Waals surface area contributed by atoms with Gasteiger partial charge in [-0.3, -0.25) is 0 Å². The number of ether oxygens (including phenoxy) is 2. The Hall–Kier alpha value is -2.30. The molecule has 0 aliphatic heterocycles. The fourth-order valence-corrected chi connectivity index (χ4v) is 1.40. The highest BCUT2D eigenvalue weighted by molar-refractivity contribution is 5.90. The van der Waals surface area contributed by atoms with Crippen molar-refractivity contribution in [2.75, 3.05) is 13.2 Å². The number of carbonyl (C=O) groups excluding carboxylic acids is 1. The summed E-state index contributed by atoms with van der Waals surface area (Å²) in [6.45, 7) is 3.90. The summed E-state index contributed by atoms with van der Waals surface area (Å²) in [7, 11) is 0. The average Bonchev–Trinajstić information content (AvgIpc) is 2.81. The highest BCUT2D eigenvalue weighted by atomic mass is 16.6. The van der Waals surface area contributed by atoms with Crippen molar-refractivity contribution in [3.05, 3.63) is 49.3 Å². The summed E-state index contributed by atoms with van der Waals surface area (Å²) in [6.07, 6.45) is 6.42. The summed E-state index contributed by atoms with van der Waals surface area (Å²) in [5.41, 5.74) is 1.35. The Balaban J connectivity index is 2.00. The van der Waals surface area contributed by atoms with Crippen molar-refractivity contribution in [1.29, 1.82) is 0 Å². The first-order valence-corrected chi connectivity index (χ1v) is 5.12. The topological polar surface area (TPSA) is 52.8 Å². The van der Waals surface area contributed by atoms with Crippen LogP contribution in [0.2, 0.25) is 0 Å². The molecule has 0 aromatic carbocycles. The van der Waals surface area contributed by atoms with Gasteiger partial charge in [-0.25, -0.2) is 9.78 Å². The lowest BCUT2D eigenvalue weighted by Gasteiger charge is -2.04. The Labute approximate surface area is 98.3 Å². The first-order chi connectivity index (χ1) is 8.31. The van der Waals surface area contributed by atoms with E-state index in [1.807, 2.05) is 4.40 Å². The van der Waals surface area contributed by atoms with Crippen molar-refractivity contribution in [2.24, 2.45) is 0 Å². The molecular weight excluding hydrogens is 220 g/mol. The number of nitrogens with zero attached hydrogens (tertiary/aromatic N) is 2. The maximum absolute atomic E-state index is 11.6. The summed E-state index contributed by atoms with van der Waals surface area (Å²) < 4.78 is 11.7. The molecule has 2 heterocycles. The van der Waals surface area contributed by atoms with E-state index < -0.39 is 0 Å².